The molecule has 3 aromatic heterocycles. The number of rotatable bonds is 5. The van der Waals surface area contributed by atoms with Crippen molar-refractivity contribution in [2.45, 2.75) is 32.7 Å². The summed E-state index contributed by atoms with van der Waals surface area (Å²) in [6.07, 6.45) is 1.69. The third-order valence-electron chi connectivity index (χ3n) is 5.70. The lowest BCUT2D eigenvalue weighted by Crippen LogP contribution is -2.24. The van der Waals surface area contributed by atoms with E-state index in [1.807, 2.05) is 54.8 Å². The highest BCUT2D eigenvalue weighted by Gasteiger charge is 2.29. The summed E-state index contributed by atoms with van der Waals surface area (Å²) in [6, 6.07) is 20.2. The molecule has 2 aromatic carbocycles. The SMILES string of the molecule is Cc1nc(C(c2ccccc2)n2c(C(C)C)nc3ccn(-c4cccc(C#N)c4)c(=O)c32)no1. The highest BCUT2D eigenvalue weighted by Crippen LogP contribution is 2.32. The van der Waals surface area contributed by atoms with Crippen LogP contribution in [0, 0.1) is 18.3 Å². The van der Waals surface area contributed by atoms with Gasteiger partial charge in [-0.15, -0.1) is 0 Å². The normalized spacial score (nSPS) is 12.2. The zero-order valence-electron chi connectivity index (χ0n) is 19.0. The lowest BCUT2D eigenvalue weighted by molar-refractivity contribution is 0.382. The summed E-state index contributed by atoms with van der Waals surface area (Å²) < 4.78 is 8.78. The molecule has 5 aromatic rings. The van der Waals surface area contributed by atoms with E-state index < -0.39 is 6.04 Å². The van der Waals surface area contributed by atoms with Gasteiger partial charge in [-0.25, -0.2) is 4.98 Å². The van der Waals surface area contributed by atoms with E-state index in [9.17, 15) is 10.1 Å². The first-order valence-corrected chi connectivity index (χ1v) is 11.0. The number of hydrogen-bond donors (Lipinski definition) is 0. The van der Waals surface area contributed by atoms with Gasteiger partial charge in [0, 0.05) is 24.7 Å². The predicted molar refractivity (Wildman–Crippen MR) is 127 cm³/mol. The molecule has 8 heteroatoms. The highest BCUT2D eigenvalue weighted by molar-refractivity contribution is 5.76. The first kappa shape index (κ1) is 21.3. The standard InChI is InChI=1S/C26H22N6O2/c1-16(2)25-29-21-12-13-31(20-11-7-8-18(14-20)15-27)26(33)23(21)32(25)22(19-9-5-4-6-10-19)24-28-17(3)34-30-24/h4-14,16,22H,1-3H3. The average molecular weight is 451 g/mol. The summed E-state index contributed by atoms with van der Waals surface area (Å²) in [7, 11) is 0. The number of nitrogens with zero attached hydrogens (tertiary/aromatic N) is 6. The number of pyridine rings is 1. The number of fused-ring (bicyclic) bond motifs is 1. The molecule has 0 amide bonds. The number of imidazole rings is 1. The molecule has 0 aliphatic heterocycles. The number of hydrogen-bond acceptors (Lipinski definition) is 6. The third-order valence-corrected chi connectivity index (χ3v) is 5.70. The summed E-state index contributed by atoms with van der Waals surface area (Å²) in [5.74, 6) is 1.66. The van der Waals surface area contributed by atoms with Crippen molar-refractivity contribution < 1.29 is 4.52 Å². The zero-order valence-corrected chi connectivity index (χ0v) is 19.0. The minimum Gasteiger partial charge on any atom is -0.340 e. The van der Waals surface area contributed by atoms with Crippen molar-refractivity contribution in [3.05, 3.63) is 106 Å². The van der Waals surface area contributed by atoms with Gasteiger partial charge in [-0.3, -0.25) is 9.36 Å². The number of nitriles is 1. The van der Waals surface area contributed by atoms with E-state index in [0.29, 0.717) is 34.0 Å². The first-order valence-electron chi connectivity index (χ1n) is 11.0. The van der Waals surface area contributed by atoms with Gasteiger partial charge in [-0.1, -0.05) is 55.4 Å². The van der Waals surface area contributed by atoms with E-state index in [1.165, 1.54) is 4.57 Å². The summed E-state index contributed by atoms with van der Waals surface area (Å²) >= 11 is 0. The van der Waals surface area contributed by atoms with Gasteiger partial charge in [0.2, 0.25) is 5.89 Å². The Kier molecular flexibility index (Phi) is 5.30. The summed E-state index contributed by atoms with van der Waals surface area (Å²) in [4.78, 5) is 23.3. The van der Waals surface area contributed by atoms with Crippen LogP contribution in [0.5, 0.6) is 0 Å². The van der Waals surface area contributed by atoms with Gasteiger partial charge >= 0.3 is 0 Å². The number of aryl methyl sites for hydroxylation is 1. The highest BCUT2D eigenvalue weighted by atomic mass is 16.5. The molecule has 0 saturated heterocycles. The van der Waals surface area contributed by atoms with Crippen LogP contribution in [-0.4, -0.2) is 24.3 Å². The molecule has 8 nitrogen and oxygen atoms in total. The van der Waals surface area contributed by atoms with Crippen LogP contribution >= 0.6 is 0 Å². The van der Waals surface area contributed by atoms with Crippen LogP contribution < -0.4 is 5.56 Å². The molecule has 0 fully saturated rings. The fourth-order valence-electron chi connectivity index (χ4n) is 4.20. The number of aromatic nitrogens is 5. The maximum atomic E-state index is 13.9. The zero-order chi connectivity index (χ0) is 23.8. The van der Waals surface area contributed by atoms with Crippen LogP contribution in [0.25, 0.3) is 16.7 Å². The molecule has 0 spiro atoms. The van der Waals surface area contributed by atoms with Crippen LogP contribution in [0.3, 0.4) is 0 Å². The van der Waals surface area contributed by atoms with E-state index in [4.69, 9.17) is 9.51 Å². The van der Waals surface area contributed by atoms with Crippen molar-refractivity contribution in [1.82, 2.24) is 24.3 Å². The maximum Gasteiger partial charge on any atom is 0.281 e. The Morgan fingerprint density at radius 3 is 2.50 bits per heavy atom. The molecule has 0 aliphatic rings. The van der Waals surface area contributed by atoms with Gasteiger partial charge in [0.1, 0.15) is 17.4 Å². The Morgan fingerprint density at radius 1 is 1.03 bits per heavy atom. The lowest BCUT2D eigenvalue weighted by Gasteiger charge is -2.21. The molecular weight excluding hydrogens is 428 g/mol. The van der Waals surface area contributed by atoms with Gasteiger partial charge in [-0.05, 0) is 29.8 Å². The Balaban J connectivity index is 1.85. The maximum absolute atomic E-state index is 13.9. The summed E-state index contributed by atoms with van der Waals surface area (Å²) in [5, 5.41) is 13.5. The fraction of sp³-hybridized carbons (Fsp3) is 0.192. The topological polar surface area (TPSA) is 103 Å². The molecule has 0 radical (unpaired) electrons. The number of benzene rings is 2. The Labute approximate surface area is 195 Å². The first-order chi connectivity index (χ1) is 16.5. The molecule has 0 N–H and O–H groups in total. The quantitative estimate of drug-likeness (QED) is 0.390. The Hall–Kier alpha value is -4.51. The smallest absolute Gasteiger partial charge is 0.281 e. The average Bonchev–Trinajstić information content (AvgIpc) is 3.45. The Bertz CT molecular complexity index is 1590. The van der Waals surface area contributed by atoms with Crippen molar-refractivity contribution in [1.29, 1.82) is 5.26 Å². The molecule has 34 heavy (non-hydrogen) atoms. The Morgan fingerprint density at radius 2 is 1.82 bits per heavy atom. The fourth-order valence-corrected chi connectivity index (χ4v) is 4.20. The predicted octanol–water partition coefficient (Wildman–Crippen LogP) is 4.51. The molecule has 0 bridgehead atoms. The molecule has 1 unspecified atom stereocenters. The monoisotopic (exact) mass is 450 g/mol. The van der Waals surface area contributed by atoms with E-state index in [-0.39, 0.29) is 11.5 Å². The summed E-state index contributed by atoms with van der Waals surface area (Å²) in [6.45, 7) is 5.81. The molecule has 0 aliphatic carbocycles. The second-order valence-electron chi connectivity index (χ2n) is 8.37. The van der Waals surface area contributed by atoms with Crippen LogP contribution in [0.2, 0.25) is 0 Å². The second kappa shape index (κ2) is 8.45. The van der Waals surface area contributed by atoms with Gasteiger partial charge in [0.05, 0.1) is 17.1 Å². The molecule has 168 valence electrons. The van der Waals surface area contributed by atoms with E-state index >= 15 is 0 Å². The van der Waals surface area contributed by atoms with Crippen LogP contribution in [0.15, 0.2) is 76.2 Å². The van der Waals surface area contributed by atoms with Crippen LogP contribution in [0.1, 0.15) is 54.5 Å². The van der Waals surface area contributed by atoms with Crippen molar-refractivity contribution in [2.75, 3.05) is 0 Å². The third kappa shape index (κ3) is 3.57. The largest absolute Gasteiger partial charge is 0.340 e. The van der Waals surface area contributed by atoms with Crippen molar-refractivity contribution in [3.8, 4) is 11.8 Å². The van der Waals surface area contributed by atoms with Gasteiger partial charge in [-0.2, -0.15) is 10.2 Å². The van der Waals surface area contributed by atoms with Gasteiger partial charge in [0.25, 0.3) is 5.56 Å². The van der Waals surface area contributed by atoms with Crippen molar-refractivity contribution in [2.24, 2.45) is 0 Å². The van der Waals surface area contributed by atoms with Gasteiger partial charge in [0.15, 0.2) is 5.82 Å². The van der Waals surface area contributed by atoms with Crippen molar-refractivity contribution in [3.63, 3.8) is 0 Å². The molecular formula is C26H22N6O2. The van der Waals surface area contributed by atoms with Crippen molar-refractivity contribution >= 4 is 11.0 Å². The molecule has 3 heterocycles. The van der Waals surface area contributed by atoms with E-state index in [0.717, 1.165) is 11.4 Å². The molecule has 1 atom stereocenters. The van der Waals surface area contributed by atoms with Crippen LogP contribution in [-0.2, 0) is 0 Å². The summed E-state index contributed by atoms with van der Waals surface area (Å²) in [5.41, 5.74) is 2.77. The van der Waals surface area contributed by atoms with Crippen LogP contribution in [0.4, 0.5) is 0 Å². The lowest BCUT2D eigenvalue weighted by atomic mass is 10.0. The van der Waals surface area contributed by atoms with E-state index in [1.54, 1.807) is 37.4 Å². The van der Waals surface area contributed by atoms with Gasteiger partial charge < -0.3 is 9.09 Å². The molecule has 0 saturated carbocycles. The minimum atomic E-state index is -0.505. The minimum absolute atomic E-state index is 0.0291. The second-order valence-corrected chi connectivity index (χ2v) is 8.37. The molecule has 5 rings (SSSR count). The van der Waals surface area contributed by atoms with E-state index in [2.05, 4.69) is 16.2 Å².